The number of methoxy groups -OCH3 is 1. The van der Waals surface area contributed by atoms with Crippen LogP contribution in [-0.2, 0) is 9.59 Å². The van der Waals surface area contributed by atoms with Gasteiger partial charge in [-0.1, -0.05) is 32.3 Å². The molecule has 134 valence electrons. The van der Waals surface area contributed by atoms with E-state index in [1.54, 1.807) is 6.07 Å². The summed E-state index contributed by atoms with van der Waals surface area (Å²) in [6.45, 7) is 2.35. The molecule has 1 aliphatic heterocycles. The Hall–Kier alpha value is -2.83. The molecular formula is C18H22N2O5. The number of phenols is 1. The van der Waals surface area contributed by atoms with E-state index in [2.05, 4.69) is 12.2 Å². The van der Waals surface area contributed by atoms with Crippen molar-refractivity contribution in [3.8, 4) is 11.5 Å². The van der Waals surface area contributed by atoms with Gasteiger partial charge in [-0.05, 0) is 30.2 Å². The van der Waals surface area contributed by atoms with Crippen LogP contribution in [0.4, 0.5) is 4.79 Å². The minimum Gasteiger partial charge on any atom is -0.504 e. The molecule has 1 aromatic carbocycles. The quantitative estimate of drug-likeness (QED) is 0.449. The number of nitrogens with zero attached hydrogens (tertiary/aromatic N) is 1. The largest absolute Gasteiger partial charge is 0.504 e. The number of carbonyl (C=O) groups is 3. The van der Waals surface area contributed by atoms with Gasteiger partial charge in [0.25, 0.3) is 11.8 Å². The number of urea groups is 1. The lowest BCUT2D eigenvalue weighted by Gasteiger charge is -2.26. The van der Waals surface area contributed by atoms with Gasteiger partial charge >= 0.3 is 6.03 Å². The van der Waals surface area contributed by atoms with E-state index in [1.807, 2.05) is 0 Å². The van der Waals surface area contributed by atoms with Gasteiger partial charge in [-0.15, -0.1) is 0 Å². The van der Waals surface area contributed by atoms with Crippen molar-refractivity contribution < 1.29 is 24.2 Å². The van der Waals surface area contributed by atoms with Gasteiger partial charge in [-0.2, -0.15) is 0 Å². The maximum absolute atomic E-state index is 12.5. The number of benzene rings is 1. The summed E-state index contributed by atoms with van der Waals surface area (Å²) in [4.78, 5) is 37.5. The molecule has 7 heteroatoms. The minimum absolute atomic E-state index is 0.0446. The van der Waals surface area contributed by atoms with Gasteiger partial charge in [0.15, 0.2) is 11.5 Å². The molecule has 0 bridgehead atoms. The van der Waals surface area contributed by atoms with E-state index in [0.29, 0.717) is 12.0 Å². The third-order valence-corrected chi connectivity index (χ3v) is 3.94. The third kappa shape index (κ3) is 4.37. The Balaban J connectivity index is 2.22. The molecule has 1 fully saturated rings. The molecule has 0 aromatic heterocycles. The van der Waals surface area contributed by atoms with Crippen molar-refractivity contribution in [2.75, 3.05) is 13.7 Å². The number of amides is 4. The maximum atomic E-state index is 12.5. The standard InChI is InChI=1S/C18H22N2O5/c1-3-4-5-6-9-20-17(23)13(16(22)19-18(20)24)10-12-7-8-14(21)15(11-12)25-2/h7-8,10-11,21H,3-6,9H2,1-2H3,(H,19,22,24)/b13-10+. The highest BCUT2D eigenvalue weighted by atomic mass is 16.5. The number of unbranched alkanes of at least 4 members (excludes halogenated alkanes) is 3. The van der Waals surface area contributed by atoms with Gasteiger partial charge in [-0.25, -0.2) is 4.79 Å². The highest BCUT2D eigenvalue weighted by Crippen LogP contribution is 2.27. The molecule has 1 aromatic rings. The first-order valence-electron chi connectivity index (χ1n) is 8.23. The number of carbonyl (C=O) groups excluding carboxylic acids is 3. The molecule has 0 saturated carbocycles. The Morgan fingerprint density at radius 2 is 1.96 bits per heavy atom. The lowest BCUT2D eigenvalue weighted by atomic mass is 10.1. The van der Waals surface area contributed by atoms with Crippen LogP contribution in [0.3, 0.4) is 0 Å². The second-order valence-corrected chi connectivity index (χ2v) is 5.77. The zero-order chi connectivity index (χ0) is 18.4. The molecule has 1 saturated heterocycles. The van der Waals surface area contributed by atoms with Crippen LogP contribution >= 0.6 is 0 Å². The van der Waals surface area contributed by atoms with Crippen molar-refractivity contribution in [3.05, 3.63) is 29.3 Å². The highest BCUT2D eigenvalue weighted by molar-refractivity contribution is 6.31. The second kappa shape index (κ2) is 8.32. The molecule has 0 unspecified atom stereocenters. The van der Waals surface area contributed by atoms with Crippen molar-refractivity contribution in [3.63, 3.8) is 0 Å². The van der Waals surface area contributed by atoms with Gasteiger partial charge in [0.2, 0.25) is 0 Å². The number of rotatable bonds is 7. The Morgan fingerprint density at radius 3 is 2.64 bits per heavy atom. The minimum atomic E-state index is -0.730. The summed E-state index contributed by atoms with van der Waals surface area (Å²) in [5, 5.41) is 11.8. The van der Waals surface area contributed by atoms with Crippen LogP contribution in [0.1, 0.15) is 38.2 Å². The summed E-state index contributed by atoms with van der Waals surface area (Å²) < 4.78 is 5.01. The maximum Gasteiger partial charge on any atom is 0.331 e. The summed E-state index contributed by atoms with van der Waals surface area (Å²) in [5.41, 5.74) is 0.385. The van der Waals surface area contributed by atoms with E-state index >= 15 is 0 Å². The smallest absolute Gasteiger partial charge is 0.331 e. The average molecular weight is 346 g/mol. The average Bonchev–Trinajstić information content (AvgIpc) is 2.59. The van der Waals surface area contributed by atoms with Gasteiger partial charge in [0, 0.05) is 6.54 Å². The lowest BCUT2D eigenvalue weighted by Crippen LogP contribution is -2.54. The van der Waals surface area contributed by atoms with E-state index in [9.17, 15) is 19.5 Å². The molecule has 2 N–H and O–H groups in total. The molecule has 2 rings (SSSR count). The Morgan fingerprint density at radius 1 is 1.20 bits per heavy atom. The van der Waals surface area contributed by atoms with Crippen molar-refractivity contribution in [2.24, 2.45) is 0 Å². The second-order valence-electron chi connectivity index (χ2n) is 5.77. The monoisotopic (exact) mass is 346 g/mol. The zero-order valence-electron chi connectivity index (χ0n) is 14.4. The van der Waals surface area contributed by atoms with Crippen molar-refractivity contribution in [2.45, 2.75) is 32.6 Å². The molecular weight excluding hydrogens is 324 g/mol. The van der Waals surface area contributed by atoms with Gasteiger partial charge < -0.3 is 9.84 Å². The molecule has 7 nitrogen and oxygen atoms in total. The number of barbiturate groups is 1. The summed E-state index contributed by atoms with van der Waals surface area (Å²) in [6, 6.07) is 3.77. The predicted molar refractivity (Wildman–Crippen MR) is 92.0 cm³/mol. The number of ether oxygens (including phenoxy) is 1. The first-order valence-corrected chi connectivity index (χ1v) is 8.23. The van der Waals surface area contributed by atoms with Gasteiger partial charge in [0.1, 0.15) is 5.57 Å². The molecule has 25 heavy (non-hydrogen) atoms. The van der Waals surface area contributed by atoms with E-state index in [1.165, 1.54) is 25.3 Å². The fraction of sp³-hybridized carbons (Fsp3) is 0.389. The Labute approximate surface area is 146 Å². The summed E-state index contributed by atoms with van der Waals surface area (Å²) >= 11 is 0. The van der Waals surface area contributed by atoms with E-state index in [0.717, 1.165) is 24.2 Å². The number of hydrogen-bond acceptors (Lipinski definition) is 5. The molecule has 1 heterocycles. The van der Waals surface area contributed by atoms with E-state index in [-0.39, 0.29) is 23.6 Å². The van der Waals surface area contributed by atoms with Crippen LogP contribution in [-0.4, -0.2) is 41.5 Å². The van der Waals surface area contributed by atoms with Crippen LogP contribution in [0.25, 0.3) is 6.08 Å². The molecule has 0 spiro atoms. The summed E-state index contributed by atoms with van der Waals surface area (Å²) in [7, 11) is 1.40. The zero-order valence-corrected chi connectivity index (χ0v) is 14.4. The summed E-state index contributed by atoms with van der Waals surface area (Å²) in [6.07, 6.45) is 5.06. The first-order chi connectivity index (χ1) is 12.0. The van der Waals surface area contributed by atoms with Crippen molar-refractivity contribution in [1.29, 1.82) is 0 Å². The van der Waals surface area contributed by atoms with Crippen molar-refractivity contribution >= 4 is 23.9 Å². The van der Waals surface area contributed by atoms with Crippen LogP contribution in [0.15, 0.2) is 23.8 Å². The van der Waals surface area contributed by atoms with E-state index in [4.69, 9.17) is 4.74 Å². The Bertz CT molecular complexity index is 711. The fourth-order valence-electron chi connectivity index (χ4n) is 2.54. The number of hydrogen-bond donors (Lipinski definition) is 2. The summed E-state index contributed by atoms with van der Waals surface area (Å²) in [5.74, 6) is -1.16. The molecule has 0 aliphatic carbocycles. The number of nitrogens with one attached hydrogen (secondary N) is 1. The number of aromatic hydroxyl groups is 1. The fourth-order valence-corrected chi connectivity index (χ4v) is 2.54. The van der Waals surface area contributed by atoms with E-state index < -0.39 is 17.8 Å². The highest BCUT2D eigenvalue weighted by Gasteiger charge is 2.35. The first kappa shape index (κ1) is 18.5. The number of imide groups is 2. The van der Waals surface area contributed by atoms with Crippen LogP contribution in [0.2, 0.25) is 0 Å². The lowest BCUT2D eigenvalue weighted by molar-refractivity contribution is -0.130. The Kier molecular flexibility index (Phi) is 6.16. The topological polar surface area (TPSA) is 95.9 Å². The predicted octanol–water partition coefficient (Wildman–Crippen LogP) is 2.44. The SMILES string of the molecule is CCCCCCN1C(=O)NC(=O)/C(=C\c2ccc(O)c(OC)c2)C1=O. The van der Waals surface area contributed by atoms with Gasteiger partial charge in [-0.3, -0.25) is 19.8 Å². The molecule has 0 atom stereocenters. The van der Waals surface area contributed by atoms with Gasteiger partial charge in [0.05, 0.1) is 7.11 Å². The third-order valence-electron chi connectivity index (χ3n) is 3.94. The molecule has 1 aliphatic rings. The molecule has 4 amide bonds. The normalized spacial score (nSPS) is 16.3. The van der Waals surface area contributed by atoms with Crippen LogP contribution in [0, 0.1) is 0 Å². The molecule has 0 radical (unpaired) electrons. The van der Waals surface area contributed by atoms with Crippen LogP contribution < -0.4 is 10.1 Å². The number of phenolic OH excluding ortho intramolecular Hbond substituents is 1. The van der Waals surface area contributed by atoms with Crippen LogP contribution in [0.5, 0.6) is 11.5 Å². The van der Waals surface area contributed by atoms with Crippen molar-refractivity contribution in [1.82, 2.24) is 10.2 Å².